The number of benzene rings is 1. The molecule has 0 radical (unpaired) electrons. The number of rotatable bonds is 4. The standard InChI is InChI=1S/C14H21ClN2O/c1-2-13(16)14(17-9-5-6-10-18-17)11-7-3-4-8-12(11)15/h3-4,7-8,13-14H,2,5-6,9-10,16H2,1H3. The van der Waals surface area contributed by atoms with E-state index in [-0.39, 0.29) is 12.1 Å². The summed E-state index contributed by atoms with van der Waals surface area (Å²) in [7, 11) is 0. The molecule has 0 bridgehead atoms. The van der Waals surface area contributed by atoms with Crippen LogP contribution in [-0.4, -0.2) is 24.3 Å². The van der Waals surface area contributed by atoms with Gasteiger partial charge in [-0.3, -0.25) is 4.84 Å². The van der Waals surface area contributed by atoms with Crippen LogP contribution in [0.25, 0.3) is 0 Å². The number of hydrogen-bond acceptors (Lipinski definition) is 3. The fourth-order valence-electron chi connectivity index (χ4n) is 2.37. The summed E-state index contributed by atoms with van der Waals surface area (Å²) in [5.74, 6) is 0. The molecule has 2 N–H and O–H groups in total. The molecule has 100 valence electrons. The minimum atomic E-state index is 0.0306. The van der Waals surface area contributed by atoms with E-state index in [0.29, 0.717) is 0 Å². The number of hydrogen-bond donors (Lipinski definition) is 1. The third kappa shape index (κ3) is 3.04. The van der Waals surface area contributed by atoms with Crippen LogP contribution >= 0.6 is 11.6 Å². The molecule has 2 atom stereocenters. The van der Waals surface area contributed by atoms with Crippen molar-refractivity contribution in [1.29, 1.82) is 0 Å². The van der Waals surface area contributed by atoms with Gasteiger partial charge >= 0.3 is 0 Å². The Kier molecular flexibility index (Phi) is 5.01. The molecule has 1 aromatic carbocycles. The van der Waals surface area contributed by atoms with Crippen LogP contribution in [0.3, 0.4) is 0 Å². The first-order valence-electron chi connectivity index (χ1n) is 6.63. The molecule has 0 aromatic heterocycles. The Balaban J connectivity index is 2.27. The van der Waals surface area contributed by atoms with Crippen molar-refractivity contribution in [1.82, 2.24) is 5.06 Å². The second-order valence-electron chi connectivity index (χ2n) is 4.72. The smallest absolute Gasteiger partial charge is 0.0767 e. The first-order chi connectivity index (χ1) is 8.74. The maximum absolute atomic E-state index is 6.30. The summed E-state index contributed by atoms with van der Waals surface area (Å²) >= 11 is 6.30. The van der Waals surface area contributed by atoms with Gasteiger partial charge in [-0.15, -0.1) is 0 Å². The van der Waals surface area contributed by atoms with E-state index in [1.807, 2.05) is 29.3 Å². The Hall–Kier alpha value is -0.610. The third-order valence-corrected chi connectivity index (χ3v) is 3.79. The summed E-state index contributed by atoms with van der Waals surface area (Å²) in [5.41, 5.74) is 7.33. The van der Waals surface area contributed by atoms with E-state index in [0.717, 1.165) is 43.0 Å². The van der Waals surface area contributed by atoms with E-state index in [1.165, 1.54) is 0 Å². The highest BCUT2D eigenvalue weighted by atomic mass is 35.5. The normalized spacial score (nSPS) is 20.6. The topological polar surface area (TPSA) is 38.5 Å². The van der Waals surface area contributed by atoms with Crippen molar-refractivity contribution in [2.75, 3.05) is 13.2 Å². The van der Waals surface area contributed by atoms with Gasteiger partial charge in [-0.2, -0.15) is 5.06 Å². The average molecular weight is 269 g/mol. The molecule has 2 unspecified atom stereocenters. The van der Waals surface area contributed by atoms with Crippen molar-refractivity contribution < 1.29 is 4.84 Å². The number of hydroxylamine groups is 2. The Bertz CT molecular complexity index is 380. The second kappa shape index (κ2) is 6.53. The van der Waals surface area contributed by atoms with Gasteiger partial charge in [0.25, 0.3) is 0 Å². The molecule has 1 aliphatic heterocycles. The van der Waals surface area contributed by atoms with Crippen LogP contribution < -0.4 is 5.73 Å². The Morgan fingerprint density at radius 1 is 1.39 bits per heavy atom. The van der Waals surface area contributed by atoms with Gasteiger partial charge in [0, 0.05) is 17.6 Å². The minimum Gasteiger partial charge on any atom is -0.326 e. The van der Waals surface area contributed by atoms with Gasteiger partial charge in [-0.1, -0.05) is 36.7 Å². The summed E-state index contributed by atoms with van der Waals surface area (Å²) < 4.78 is 0. The van der Waals surface area contributed by atoms with E-state index in [1.54, 1.807) is 0 Å². The Labute approximate surface area is 114 Å². The van der Waals surface area contributed by atoms with Crippen molar-refractivity contribution in [2.45, 2.75) is 38.3 Å². The molecule has 0 amide bonds. The molecular formula is C14H21ClN2O. The lowest BCUT2D eigenvalue weighted by molar-refractivity contribution is -0.212. The molecule has 0 spiro atoms. The van der Waals surface area contributed by atoms with E-state index >= 15 is 0 Å². The van der Waals surface area contributed by atoms with Crippen LogP contribution in [0, 0.1) is 0 Å². The molecule has 0 aliphatic carbocycles. The van der Waals surface area contributed by atoms with Crippen molar-refractivity contribution in [3.05, 3.63) is 34.9 Å². The molecule has 18 heavy (non-hydrogen) atoms. The molecule has 1 aromatic rings. The average Bonchev–Trinajstić information content (AvgIpc) is 2.42. The number of nitrogens with two attached hydrogens (primary N) is 1. The SMILES string of the molecule is CCC(N)C(c1ccccc1Cl)N1CCCCO1. The van der Waals surface area contributed by atoms with Crippen LogP contribution in [0.5, 0.6) is 0 Å². The maximum atomic E-state index is 6.30. The van der Waals surface area contributed by atoms with Crippen LogP contribution in [0.4, 0.5) is 0 Å². The van der Waals surface area contributed by atoms with Gasteiger partial charge in [0.2, 0.25) is 0 Å². The summed E-state index contributed by atoms with van der Waals surface area (Å²) in [4.78, 5) is 5.77. The van der Waals surface area contributed by atoms with E-state index < -0.39 is 0 Å². The van der Waals surface area contributed by atoms with Crippen molar-refractivity contribution in [3.8, 4) is 0 Å². The molecular weight excluding hydrogens is 248 g/mol. The molecule has 1 fully saturated rings. The maximum Gasteiger partial charge on any atom is 0.0767 e. The van der Waals surface area contributed by atoms with Crippen LogP contribution in [-0.2, 0) is 4.84 Å². The highest BCUT2D eigenvalue weighted by Gasteiger charge is 2.29. The predicted molar refractivity (Wildman–Crippen MR) is 74.4 cm³/mol. The van der Waals surface area contributed by atoms with Gasteiger partial charge < -0.3 is 5.73 Å². The van der Waals surface area contributed by atoms with E-state index in [2.05, 4.69) is 6.92 Å². The molecule has 4 heteroatoms. The summed E-state index contributed by atoms with van der Waals surface area (Å²) in [5, 5.41) is 2.78. The quantitative estimate of drug-likeness (QED) is 0.912. The van der Waals surface area contributed by atoms with Gasteiger partial charge in [0.1, 0.15) is 0 Å². The van der Waals surface area contributed by atoms with Crippen molar-refractivity contribution in [2.24, 2.45) is 5.73 Å². The fraction of sp³-hybridized carbons (Fsp3) is 0.571. The second-order valence-corrected chi connectivity index (χ2v) is 5.13. The lowest BCUT2D eigenvalue weighted by Crippen LogP contribution is -2.43. The third-order valence-electron chi connectivity index (χ3n) is 3.44. The van der Waals surface area contributed by atoms with Crippen LogP contribution in [0.2, 0.25) is 5.02 Å². The first kappa shape index (κ1) is 13.8. The highest BCUT2D eigenvalue weighted by molar-refractivity contribution is 6.31. The van der Waals surface area contributed by atoms with Gasteiger partial charge in [-0.05, 0) is 30.9 Å². The molecule has 1 aliphatic rings. The molecule has 2 rings (SSSR count). The zero-order chi connectivity index (χ0) is 13.0. The Morgan fingerprint density at radius 3 is 2.78 bits per heavy atom. The molecule has 3 nitrogen and oxygen atoms in total. The molecule has 1 heterocycles. The summed E-state index contributed by atoms with van der Waals surface area (Å²) in [6, 6.07) is 7.97. The van der Waals surface area contributed by atoms with Crippen LogP contribution in [0.15, 0.2) is 24.3 Å². The van der Waals surface area contributed by atoms with E-state index in [9.17, 15) is 0 Å². The van der Waals surface area contributed by atoms with Crippen LogP contribution in [0.1, 0.15) is 37.8 Å². The summed E-state index contributed by atoms with van der Waals surface area (Å²) in [6.07, 6.45) is 3.17. The van der Waals surface area contributed by atoms with Crippen molar-refractivity contribution in [3.63, 3.8) is 0 Å². The lowest BCUT2D eigenvalue weighted by atomic mass is 9.97. The number of halogens is 1. The van der Waals surface area contributed by atoms with Gasteiger partial charge in [-0.25, -0.2) is 0 Å². The highest BCUT2D eigenvalue weighted by Crippen LogP contribution is 2.32. The molecule has 1 saturated heterocycles. The summed E-state index contributed by atoms with van der Waals surface area (Å²) in [6.45, 7) is 3.79. The predicted octanol–water partition coefficient (Wildman–Crippen LogP) is 3.15. The zero-order valence-electron chi connectivity index (χ0n) is 10.8. The van der Waals surface area contributed by atoms with E-state index in [4.69, 9.17) is 22.2 Å². The fourth-order valence-corrected chi connectivity index (χ4v) is 2.62. The van der Waals surface area contributed by atoms with Gasteiger partial charge in [0.05, 0.1) is 12.6 Å². The first-order valence-corrected chi connectivity index (χ1v) is 7.01. The molecule has 0 saturated carbocycles. The monoisotopic (exact) mass is 268 g/mol. The van der Waals surface area contributed by atoms with Crippen molar-refractivity contribution >= 4 is 11.6 Å². The Morgan fingerprint density at radius 2 is 2.17 bits per heavy atom. The largest absolute Gasteiger partial charge is 0.326 e. The zero-order valence-corrected chi connectivity index (χ0v) is 11.6. The lowest BCUT2D eigenvalue weighted by Gasteiger charge is -2.37. The van der Waals surface area contributed by atoms with Gasteiger partial charge in [0.15, 0.2) is 0 Å². The number of nitrogens with zero attached hydrogens (tertiary/aromatic N) is 1. The minimum absolute atomic E-state index is 0.0306.